The minimum atomic E-state index is 0.297. The van der Waals surface area contributed by atoms with Gasteiger partial charge < -0.3 is 10.2 Å². The van der Waals surface area contributed by atoms with E-state index >= 15 is 0 Å². The highest BCUT2D eigenvalue weighted by Crippen LogP contribution is 2.41. The van der Waals surface area contributed by atoms with E-state index in [1.165, 1.54) is 23.5 Å². The zero-order valence-electron chi connectivity index (χ0n) is 13.7. The summed E-state index contributed by atoms with van der Waals surface area (Å²) >= 11 is 1.82. The average molecular weight is 321 g/mol. The van der Waals surface area contributed by atoms with E-state index in [0.717, 1.165) is 38.4 Å². The van der Waals surface area contributed by atoms with Crippen molar-refractivity contribution in [2.45, 2.75) is 64.5 Å². The molecular formula is C17H27N3OS. The molecule has 0 aromatic carbocycles. The van der Waals surface area contributed by atoms with Crippen molar-refractivity contribution in [3.05, 3.63) is 16.1 Å². The SMILES string of the molecule is CCC(=O)N1CC[C@@H](NCc2csc(C3CC3)n2)[C@@H](CC)C1. The van der Waals surface area contributed by atoms with Gasteiger partial charge in [-0.25, -0.2) is 4.98 Å². The van der Waals surface area contributed by atoms with Crippen molar-refractivity contribution in [3.63, 3.8) is 0 Å². The Kier molecular flexibility index (Phi) is 5.14. The highest BCUT2D eigenvalue weighted by Gasteiger charge is 2.30. The first-order valence-corrected chi connectivity index (χ1v) is 9.54. The molecule has 0 bridgehead atoms. The topological polar surface area (TPSA) is 45.2 Å². The minimum absolute atomic E-state index is 0.297. The molecule has 5 heteroatoms. The number of aromatic nitrogens is 1. The summed E-state index contributed by atoms with van der Waals surface area (Å²) in [7, 11) is 0. The van der Waals surface area contributed by atoms with Crippen LogP contribution in [0.4, 0.5) is 0 Å². The first-order valence-electron chi connectivity index (χ1n) is 8.66. The molecule has 2 atom stereocenters. The predicted molar refractivity (Wildman–Crippen MR) is 90.0 cm³/mol. The van der Waals surface area contributed by atoms with Gasteiger partial charge in [-0.2, -0.15) is 0 Å². The summed E-state index contributed by atoms with van der Waals surface area (Å²) in [5.74, 6) is 1.61. The van der Waals surface area contributed by atoms with Crippen LogP contribution in [-0.4, -0.2) is 34.9 Å². The summed E-state index contributed by atoms with van der Waals surface area (Å²) < 4.78 is 0. The fraction of sp³-hybridized carbons (Fsp3) is 0.765. The first-order chi connectivity index (χ1) is 10.7. The third-order valence-corrected chi connectivity index (χ3v) is 6.01. The average Bonchev–Trinajstić information content (AvgIpc) is 3.30. The van der Waals surface area contributed by atoms with Crippen LogP contribution in [0.1, 0.15) is 62.6 Å². The second-order valence-corrected chi connectivity index (χ2v) is 7.48. The van der Waals surface area contributed by atoms with Crippen LogP contribution in [0.25, 0.3) is 0 Å². The molecule has 1 saturated carbocycles. The van der Waals surface area contributed by atoms with E-state index < -0.39 is 0 Å². The summed E-state index contributed by atoms with van der Waals surface area (Å²) in [5, 5.41) is 7.23. The van der Waals surface area contributed by atoms with Gasteiger partial charge in [-0.15, -0.1) is 11.3 Å². The number of hydrogen-bond donors (Lipinski definition) is 1. The lowest BCUT2D eigenvalue weighted by molar-refractivity contribution is -0.133. The van der Waals surface area contributed by atoms with Crippen molar-refractivity contribution >= 4 is 17.2 Å². The molecule has 1 aromatic heterocycles. The zero-order valence-corrected chi connectivity index (χ0v) is 14.5. The summed E-state index contributed by atoms with van der Waals surface area (Å²) in [6.45, 7) is 6.85. The number of thiazole rings is 1. The number of carbonyl (C=O) groups is 1. The van der Waals surface area contributed by atoms with Crippen LogP contribution in [-0.2, 0) is 11.3 Å². The first kappa shape index (κ1) is 15.9. The quantitative estimate of drug-likeness (QED) is 0.875. The van der Waals surface area contributed by atoms with E-state index in [1.807, 2.05) is 23.2 Å². The van der Waals surface area contributed by atoms with Crippen LogP contribution < -0.4 is 5.32 Å². The van der Waals surface area contributed by atoms with Crippen LogP contribution in [0.2, 0.25) is 0 Å². The number of nitrogens with one attached hydrogen (secondary N) is 1. The Bertz CT molecular complexity index is 512. The fourth-order valence-corrected chi connectivity index (χ4v) is 4.31. The molecular weight excluding hydrogens is 294 g/mol. The number of carbonyl (C=O) groups excluding carboxylic acids is 1. The predicted octanol–water partition coefficient (Wildman–Crippen LogP) is 3.15. The lowest BCUT2D eigenvalue weighted by Gasteiger charge is -2.38. The van der Waals surface area contributed by atoms with Gasteiger partial charge in [0.25, 0.3) is 0 Å². The lowest BCUT2D eigenvalue weighted by atomic mass is 9.89. The second kappa shape index (κ2) is 7.09. The fourth-order valence-electron chi connectivity index (χ4n) is 3.32. The smallest absolute Gasteiger partial charge is 0.222 e. The summed E-state index contributed by atoms with van der Waals surface area (Å²) in [5.41, 5.74) is 1.19. The van der Waals surface area contributed by atoms with Gasteiger partial charge in [0.05, 0.1) is 10.7 Å². The van der Waals surface area contributed by atoms with E-state index in [4.69, 9.17) is 4.98 Å². The van der Waals surface area contributed by atoms with E-state index in [9.17, 15) is 4.79 Å². The minimum Gasteiger partial charge on any atom is -0.342 e. The van der Waals surface area contributed by atoms with Crippen molar-refractivity contribution in [2.24, 2.45) is 5.92 Å². The van der Waals surface area contributed by atoms with Crippen molar-refractivity contribution in [2.75, 3.05) is 13.1 Å². The van der Waals surface area contributed by atoms with E-state index in [1.54, 1.807) is 0 Å². The highest BCUT2D eigenvalue weighted by molar-refractivity contribution is 7.09. The Labute approximate surface area is 137 Å². The molecule has 122 valence electrons. The standard InChI is InChI=1S/C17H27N3OS/c1-3-12-10-20(16(21)4-2)8-7-15(12)18-9-14-11-22-17(19-14)13-5-6-13/h11-13,15,18H,3-10H2,1-2H3/t12-,15+/m0/s1. The van der Waals surface area contributed by atoms with E-state index in [0.29, 0.717) is 24.3 Å². The van der Waals surface area contributed by atoms with Crippen LogP contribution in [0, 0.1) is 5.92 Å². The molecule has 4 nitrogen and oxygen atoms in total. The molecule has 0 radical (unpaired) electrons. The third kappa shape index (κ3) is 3.69. The molecule has 1 saturated heterocycles. The van der Waals surface area contributed by atoms with Crippen LogP contribution in [0.3, 0.4) is 0 Å². The molecule has 22 heavy (non-hydrogen) atoms. The molecule has 2 aliphatic rings. The maximum absolute atomic E-state index is 11.9. The van der Waals surface area contributed by atoms with Crippen LogP contribution >= 0.6 is 11.3 Å². The van der Waals surface area contributed by atoms with Gasteiger partial charge in [-0.3, -0.25) is 4.79 Å². The molecule has 1 amide bonds. The lowest BCUT2D eigenvalue weighted by Crippen LogP contribution is -2.50. The Hall–Kier alpha value is -0.940. The molecule has 1 N–H and O–H groups in total. The molecule has 0 spiro atoms. The summed E-state index contributed by atoms with van der Waals surface area (Å²) in [6, 6.07) is 0.511. The van der Waals surface area contributed by atoms with Crippen molar-refractivity contribution in [3.8, 4) is 0 Å². The van der Waals surface area contributed by atoms with Crippen LogP contribution in [0.15, 0.2) is 5.38 Å². The van der Waals surface area contributed by atoms with E-state index in [2.05, 4.69) is 17.6 Å². The van der Waals surface area contributed by atoms with Gasteiger partial charge in [0.2, 0.25) is 5.91 Å². The van der Waals surface area contributed by atoms with Gasteiger partial charge in [-0.05, 0) is 25.2 Å². The van der Waals surface area contributed by atoms with Gasteiger partial charge >= 0.3 is 0 Å². The Morgan fingerprint density at radius 3 is 2.91 bits per heavy atom. The van der Waals surface area contributed by atoms with Crippen molar-refractivity contribution < 1.29 is 4.79 Å². The summed E-state index contributed by atoms with van der Waals surface area (Å²) in [4.78, 5) is 18.7. The number of likely N-dealkylation sites (tertiary alicyclic amines) is 1. The Balaban J connectivity index is 1.51. The third-order valence-electron chi connectivity index (χ3n) is 4.95. The normalized spacial score (nSPS) is 25.5. The molecule has 3 rings (SSSR count). The number of piperidine rings is 1. The van der Waals surface area contributed by atoms with Crippen LogP contribution in [0.5, 0.6) is 0 Å². The Morgan fingerprint density at radius 1 is 1.41 bits per heavy atom. The monoisotopic (exact) mass is 321 g/mol. The largest absolute Gasteiger partial charge is 0.342 e. The maximum Gasteiger partial charge on any atom is 0.222 e. The number of hydrogen-bond acceptors (Lipinski definition) is 4. The van der Waals surface area contributed by atoms with Crippen molar-refractivity contribution in [1.29, 1.82) is 0 Å². The summed E-state index contributed by atoms with van der Waals surface area (Å²) in [6.07, 6.45) is 5.45. The number of amides is 1. The molecule has 0 unspecified atom stereocenters. The van der Waals surface area contributed by atoms with Gasteiger partial charge in [0.1, 0.15) is 0 Å². The highest BCUT2D eigenvalue weighted by atomic mass is 32.1. The molecule has 1 aromatic rings. The molecule has 1 aliphatic carbocycles. The van der Waals surface area contributed by atoms with Crippen molar-refractivity contribution in [1.82, 2.24) is 15.2 Å². The molecule has 2 heterocycles. The van der Waals surface area contributed by atoms with Gasteiger partial charge in [-0.1, -0.05) is 20.3 Å². The Morgan fingerprint density at radius 2 is 2.23 bits per heavy atom. The van der Waals surface area contributed by atoms with Gasteiger partial charge in [0, 0.05) is 43.4 Å². The van der Waals surface area contributed by atoms with E-state index in [-0.39, 0.29) is 0 Å². The second-order valence-electron chi connectivity index (χ2n) is 6.59. The maximum atomic E-state index is 11.9. The number of nitrogens with zero attached hydrogens (tertiary/aromatic N) is 2. The molecule has 1 aliphatic heterocycles. The van der Waals surface area contributed by atoms with Gasteiger partial charge in [0.15, 0.2) is 0 Å². The zero-order chi connectivity index (χ0) is 15.5. The number of rotatable bonds is 6. The molecule has 2 fully saturated rings.